The molecule has 0 spiro atoms. The number of carbonyl (C=O) groups is 2. The molecule has 0 aliphatic rings. The van der Waals surface area contributed by atoms with Gasteiger partial charge < -0.3 is 10.4 Å². The van der Waals surface area contributed by atoms with E-state index in [0.717, 1.165) is 5.39 Å². The van der Waals surface area contributed by atoms with Crippen LogP contribution in [0, 0.1) is 0 Å². The highest BCUT2D eigenvalue weighted by molar-refractivity contribution is 6.06. The van der Waals surface area contributed by atoms with Gasteiger partial charge in [-0.1, -0.05) is 25.5 Å². The van der Waals surface area contributed by atoms with Crippen molar-refractivity contribution in [3.63, 3.8) is 0 Å². The van der Waals surface area contributed by atoms with E-state index in [2.05, 4.69) is 15.5 Å². The number of carbonyl (C=O) groups excluding carboxylic acids is 1. The Morgan fingerprint density at radius 1 is 1.47 bits per heavy atom. The van der Waals surface area contributed by atoms with Crippen LogP contribution in [0.2, 0.25) is 0 Å². The number of hydrogen-bond acceptors (Lipinski definition) is 3. The number of hydrogen-bond donors (Lipinski definition) is 3. The van der Waals surface area contributed by atoms with Crippen LogP contribution in [0.25, 0.3) is 10.9 Å². The van der Waals surface area contributed by atoms with E-state index in [1.807, 2.05) is 13.0 Å². The SMILES string of the molecule is CCCC(NC(=O)c1cccc2cn[nH]c12)C(=O)O. The first kappa shape index (κ1) is 13.1. The Bertz CT molecular complexity index is 606. The number of nitrogens with zero attached hydrogens (tertiary/aromatic N) is 1. The summed E-state index contributed by atoms with van der Waals surface area (Å²) < 4.78 is 0. The molecule has 0 aliphatic carbocycles. The Kier molecular flexibility index (Phi) is 3.79. The lowest BCUT2D eigenvalue weighted by molar-refractivity contribution is -0.139. The minimum Gasteiger partial charge on any atom is -0.480 e. The van der Waals surface area contributed by atoms with Crippen LogP contribution < -0.4 is 5.32 Å². The molecular formula is C13H15N3O3. The number of aliphatic carboxylic acids is 1. The Labute approximate surface area is 109 Å². The van der Waals surface area contributed by atoms with Gasteiger partial charge in [-0.3, -0.25) is 9.89 Å². The van der Waals surface area contributed by atoms with E-state index >= 15 is 0 Å². The van der Waals surface area contributed by atoms with Crippen LogP contribution in [-0.4, -0.2) is 33.2 Å². The second-order valence-corrected chi connectivity index (χ2v) is 4.29. The highest BCUT2D eigenvalue weighted by Crippen LogP contribution is 2.15. The zero-order chi connectivity index (χ0) is 13.8. The van der Waals surface area contributed by atoms with Crippen molar-refractivity contribution < 1.29 is 14.7 Å². The van der Waals surface area contributed by atoms with E-state index in [1.54, 1.807) is 18.3 Å². The maximum Gasteiger partial charge on any atom is 0.326 e. The Morgan fingerprint density at radius 2 is 2.26 bits per heavy atom. The van der Waals surface area contributed by atoms with E-state index in [0.29, 0.717) is 23.9 Å². The topological polar surface area (TPSA) is 95.1 Å². The number of fused-ring (bicyclic) bond motifs is 1. The molecule has 0 saturated heterocycles. The molecule has 1 aromatic heterocycles. The third-order valence-corrected chi connectivity index (χ3v) is 2.90. The van der Waals surface area contributed by atoms with Crippen molar-refractivity contribution in [3.8, 4) is 0 Å². The number of para-hydroxylation sites is 1. The number of H-pyrrole nitrogens is 1. The molecule has 6 nitrogen and oxygen atoms in total. The van der Waals surface area contributed by atoms with Crippen LogP contribution in [0.5, 0.6) is 0 Å². The minimum absolute atomic E-state index is 0.400. The zero-order valence-corrected chi connectivity index (χ0v) is 10.5. The molecule has 6 heteroatoms. The summed E-state index contributed by atoms with van der Waals surface area (Å²) in [5.74, 6) is -1.43. The fraction of sp³-hybridized carbons (Fsp3) is 0.308. The van der Waals surface area contributed by atoms with E-state index in [-0.39, 0.29) is 0 Å². The Hall–Kier alpha value is -2.37. The third kappa shape index (κ3) is 2.73. The van der Waals surface area contributed by atoms with Crippen molar-refractivity contribution in [2.75, 3.05) is 0 Å². The summed E-state index contributed by atoms with van der Waals surface area (Å²) >= 11 is 0. The first-order valence-electron chi connectivity index (χ1n) is 6.09. The van der Waals surface area contributed by atoms with Gasteiger partial charge in [0.25, 0.3) is 5.91 Å². The van der Waals surface area contributed by atoms with E-state index in [4.69, 9.17) is 5.11 Å². The van der Waals surface area contributed by atoms with Crippen molar-refractivity contribution in [3.05, 3.63) is 30.0 Å². The predicted octanol–water partition coefficient (Wildman–Crippen LogP) is 1.55. The van der Waals surface area contributed by atoms with Crippen molar-refractivity contribution in [2.45, 2.75) is 25.8 Å². The summed E-state index contributed by atoms with van der Waals surface area (Å²) in [5, 5.41) is 19.0. The van der Waals surface area contributed by atoms with Gasteiger partial charge in [0.15, 0.2) is 0 Å². The van der Waals surface area contributed by atoms with Crippen LogP contribution in [0.1, 0.15) is 30.1 Å². The lowest BCUT2D eigenvalue weighted by Crippen LogP contribution is -2.40. The lowest BCUT2D eigenvalue weighted by Gasteiger charge is -2.13. The number of rotatable bonds is 5. The van der Waals surface area contributed by atoms with Crippen molar-refractivity contribution in [1.29, 1.82) is 0 Å². The number of nitrogens with one attached hydrogen (secondary N) is 2. The van der Waals surface area contributed by atoms with Crippen LogP contribution in [0.3, 0.4) is 0 Å². The fourth-order valence-electron chi connectivity index (χ4n) is 1.94. The molecule has 0 aliphatic heterocycles. The molecule has 2 rings (SSSR count). The Balaban J connectivity index is 2.24. The van der Waals surface area contributed by atoms with Crippen LogP contribution in [-0.2, 0) is 4.79 Å². The quantitative estimate of drug-likeness (QED) is 0.760. The molecule has 1 aromatic carbocycles. The molecule has 0 saturated carbocycles. The van der Waals surface area contributed by atoms with Gasteiger partial charge in [0, 0.05) is 5.39 Å². The largest absolute Gasteiger partial charge is 0.480 e. The number of amides is 1. The molecule has 0 fully saturated rings. The van der Waals surface area contributed by atoms with E-state index in [1.165, 1.54) is 0 Å². The zero-order valence-electron chi connectivity index (χ0n) is 10.5. The molecule has 1 amide bonds. The second kappa shape index (κ2) is 5.51. The average molecular weight is 261 g/mol. The van der Waals surface area contributed by atoms with Gasteiger partial charge in [0.2, 0.25) is 0 Å². The molecule has 19 heavy (non-hydrogen) atoms. The van der Waals surface area contributed by atoms with Crippen LogP contribution in [0.15, 0.2) is 24.4 Å². The standard InChI is InChI=1S/C13H15N3O3/c1-2-4-10(13(18)19)15-12(17)9-6-3-5-8-7-14-16-11(8)9/h3,5-7,10H,2,4H2,1H3,(H,14,16)(H,15,17)(H,18,19). The number of aromatic amines is 1. The minimum atomic E-state index is -1.02. The summed E-state index contributed by atoms with van der Waals surface area (Å²) in [6, 6.07) is 4.34. The number of aromatic nitrogens is 2. The van der Waals surface area contributed by atoms with Crippen molar-refractivity contribution in [1.82, 2.24) is 15.5 Å². The van der Waals surface area contributed by atoms with Gasteiger partial charge in [-0.05, 0) is 12.5 Å². The second-order valence-electron chi connectivity index (χ2n) is 4.29. The predicted molar refractivity (Wildman–Crippen MR) is 69.9 cm³/mol. The Morgan fingerprint density at radius 3 is 2.95 bits per heavy atom. The van der Waals surface area contributed by atoms with Gasteiger partial charge >= 0.3 is 5.97 Å². The van der Waals surface area contributed by atoms with Crippen molar-refractivity contribution >= 4 is 22.8 Å². The maximum absolute atomic E-state index is 12.1. The van der Waals surface area contributed by atoms with Gasteiger partial charge in [-0.15, -0.1) is 0 Å². The molecule has 2 aromatic rings. The summed E-state index contributed by atoms with van der Waals surface area (Å²) in [6.45, 7) is 1.87. The fourth-order valence-corrected chi connectivity index (χ4v) is 1.94. The molecule has 100 valence electrons. The van der Waals surface area contributed by atoms with Crippen molar-refractivity contribution in [2.24, 2.45) is 0 Å². The highest BCUT2D eigenvalue weighted by atomic mass is 16.4. The molecule has 1 unspecified atom stereocenters. The normalized spacial score (nSPS) is 12.3. The summed E-state index contributed by atoms with van der Waals surface area (Å²) in [6.07, 6.45) is 2.71. The third-order valence-electron chi connectivity index (χ3n) is 2.90. The molecule has 3 N–H and O–H groups in total. The lowest BCUT2D eigenvalue weighted by atomic mass is 10.1. The number of carboxylic acid groups (broad SMARTS) is 1. The van der Waals surface area contributed by atoms with Crippen LogP contribution >= 0.6 is 0 Å². The molecule has 1 heterocycles. The van der Waals surface area contributed by atoms with Gasteiger partial charge in [0.1, 0.15) is 6.04 Å². The van der Waals surface area contributed by atoms with Crippen LogP contribution in [0.4, 0.5) is 0 Å². The monoisotopic (exact) mass is 261 g/mol. The summed E-state index contributed by atoms with van der Waals surface area (Å²) in [5.41, 5.74) is 1.01. The van der Waals surface area contributed by atoms with Gasteiger partial charge in [-0.2, -0.15) is 5.10 Å². The number of carboxylic acids is 1. The molecule has 1 atom stereocenters. The first-order valence-corrected chi connectivity index (χ1v) is 6.09. The smallest absolute Gasteiger partial charge is 0.326 e. The molecule has 0 radical (unpaired) electrons. The van der Waals surface area contributed by atoms with E-state index < -0.39 is 17.9 Å². The maximum atomic E-state index is 12.1. The highest BCUT2D eigenvalue weighted by Gasteiger charge is 2.20. The summed E-state index contributed by atoms with van der Waals surface area (Å²) in [7, 11) is 0. The number of benzene rings is 1. The first-order chi connectivity index (χ1) is 9.13. The molecular weight excluding hydrogens is 246 g/mol. The average Bonchev–Trinajstić information content (AvgIpc) is 2.85. The summed E-state index contributed by atoms with van der Waals surface area (Å²) in [4.78, 5) is 23.2. The van der Waals surface area contributed by atoms with E-state index in [9.17, 15) is 9.59 Å². The van der Waals surface area contributed by atoms with Gasteiger partial charge in [-0.25, -0.2) is 4.79 Å². The van der Waals surface area contributed by atoms with Gasteiger partial charge in [0.05, 0.1) is 17.3 Å². The molecule has 0 bridgehead atoms.